The first kappa shape index (κ1) is 16.2. The Labute approximate surface area is 121 Å². The second-order valence-electron chi connectivity index (χ2n) is 3.68. The predicted molar refractivity (Wildman–Crippen MR) is 72.6 cm³/mol. The Kier molecular flexibility index (Phi) is 5.89. The van der Waals surface area contributed by atoms with Gasteiger partial charge in [0.05, 0.1) is 23.7 Å². The summed E-state index contributed by atoms with van der Waals surface area (Å²) >= 11 is 0. The van der Waals surface area contributed by atoms with Crippen molar-refractivity contribution in [2.75, 3.05) is 13.2 Å². The van der Waals surface area contributed by atoms with Crippen LogP contribution in [0.2, 0.25) is 0 Å². The van der Waals surface area contributed by atoms with Gasteiger partial charge in [-0.3, -0.25) is 10.1 Å². The van der Waals surface area contributed by atoms with E-state index in [0.29, 0.717) is 0 Å². The van der Waals surface area contributed by atoms with Crippen LogP contribution >= 0.6 is 0 Å². The van der Waals surface area contributed by atoms with Crippen LogP contribution in [0, 0.1) is 22.0 Å². The standard InChI is InChI=1S/C14H13NO6/c1-3-20-13(16)8-7-10-5-6-11(14(17)21-4-2)9-12(10)15(18)19/h5-6,9H,3-4H2,1-2H3. The molecule has 0 heterocycles. The van der Waals surface area contributed by atoms with E-state index < -0.39 is 16.9 Å². The van der Waals surface area contributed by atoms with Crippen molar-refractivity contribution in [2.24, 2.45) is 0 Å². The topological polar surface area (TPSA) is 95.7 Å². The monoisotopic (exact) mass is 291 g/mol. The fraction of sp³-hybridized carbons (Fsp3) is 0.286. The Morgan fingerprint density at radius 1 is 1.24 bits per heavy atom. The summed E-state index contributed by atoms with van der Waals surface area (Å²) in [5.41, 5.74) is -0.316. The number of carbonyl (C=O) groups excluding carboxylic acids is 2. The first-order valence-electron chi connectivity index (χ1n) is 6.13. The third kappa shape index (κ3) is 4.62. The molecular formula is C14H13NO6. The zero-order chi connectivity index (χ0) is 15.8. The molecule has 0 aromatic heterocycles. The highest BCUT2D eigenvalue weighted by atomic mass is 16.6. The SMILES string of the molecule is CCOC(=O)C#Cc1ccc(C(=O)OCC)cc1[N+](=O)[O-]. The van der Waals surface area contributed by atoms with E-state index in [2.05, 4.69) is 16.6 Å². The summed E-state index contributed by atoms with van der Waals surface area (Å²) in [5.74, 6) is 3.06. The van der Waals surface area contributed by atoms with E-state index >= 15 is 0 Å². The lowest BCUT2D eigenvalue weighted by Gasteiger charge is -2.02. The molecule has 1 rings (SSSR count). The summed E-state index contributed by atoms with van der Waals surface area (Å²) in [6.07, 6.45) is 0. The summed E-state index contributed by atoms with van der Waals surface area (Å²) in [6.45, 7) is 3.58. The van der Waals surface area contributed by atoms with Crippen LogP contribution in [0.15, 0.2) is 18.2 Å². The van der Waals surface area contributed by atoms with Gasteiger partial charge in [0.25, 0.3) is 5.69 Å². The normalized spacial score (nSPS) is 9.24. The summed E-state index contributed by atoms with van der Waals surface area (Å²) in [7, 11) is 0. The molecule has 0 aliphatic heterocycles. The molecule has 0 N–H and O–H groups in total. The molecule has 0 saturated heterocycles. The van der Waals surface area contributed by atoms with Gasteiger partial charge >= 0.3 is 11.9 Å². The van der Waals surface area contributed by atoms with E-state index in [1.807, 2.05) is 0 Å². The summed E-state index contributed by atoms with van der Waals surface area (Å²) in [6, 6.07) is 3.70. The number of nitro benzene ring substituents is 1. The first-order valence-corrected chi connectivity index (χ1v) is 6.13. The van der Waals surface area contributed by atoms with Gasteiger partial charge in [-0.2, -0.15) is 0 Å². The third-order valence-electron chi connectivity index (χ3n) is 2.28. The van der Waals surface area contributed by atoms with Gasteiger partial charge in [-0.05, 0) is 31.9 Å². The lowest BCUT2D eigenvalue weighted by Crippen LogP contribution is -2.06. The fourth-order valence-electron chi connectivity index (χ4n) is 1.42. The molecule has 0 unspecified atom stereocenters. The number of hydrogen-bond donors (Lipinski definition) is 0. The lowest BCUT2D eigenvalue weighted by atomic mass is 10.1. The molecule has 21 heavy (non-hydrogen) atoms. The predicted octanol–water partition coefficient (Wildman–Crippen LogP) is 1.69. The quantitative estimate of drug-likeness (QED) is 0.362. The molecule has 0 bridgehead atoms. The molecular weight excluding hydrogens is 278 g/mol. The van der Waals surface area contributed by atoms with Gasteiger partial charge in [0, 0.05) is 12.0 Å². The molecule has 0 saturated carbocycles. The van der Waals surface area contributed by atoms with Crippen LogP contribution in [-0.4, -0.2) is 30.1 Å². The second-order valence-corrected chi connectivity index (χ2v) is 3.68. The van der Waals surface area contributed by atoms with Gasteiger partial charge in [0.1, 0.15) is 5.56 Å². The zero-order valence-corrected chi connectivity index (χ0v) is 11.5. The number of nitrogens with zero attached hydrogens (tertiary/aromatic N) is 1. The number of rotatable bonds is 4. The minimum atomic E-state index is -0.777. The molecule has 1 aromatic rings. The van der Waals surface area contributed by atoms with Crippen molar-refractivity contribution in [2.45, 2.75) is 13.8 Å². The van der Waals surface area contributed by atoms with Gasteiger partial charge in [-0.15, -0.1) is 0 Å². The van der Waals surface area contributed by atoms with E-state index in [0.717, 1.165) is 6.07 Å². The number of nitro groups is 1. The number of hydrogen-bond acceptors (Lipinski definition) is 6. The molecule has 0 aliphatic rings. The van der Waals surface area contributed by atoms with Crippen LogP contribution in [0.1, 0.15) is 29.8 Å². The van der Waals surface area contributed by atoms with Crippen molar-refractivity contribution in [3.8, 4) is 11.8 Å². The van der Waals surface area contributed by atoms with Crippen LogP contribution in [0.25, 0.3) is 0 Å². The maximum Gasteiger partial charge on any atom is 0.384 e. The molecule has 0 amide bonds. The van der Waals surface area contributed by atoms with Crippen LogP contribution in [0.5, 0.6) is 0 Å². The number of carbonyl (C=O) groups is 2. The first-order chi connectivity index (χ1) is 9.99. The van der Waals surface area contributed by atoms with Crippen molar-refractivity contribution in [1.29, 1.82) is 0 Å². The Balaban J connectivity index is 3.14. The van der Waals surface area contributed by atoms with Gasteiger partial charge in [-0.25, -0.2) is 9.59 Å². The molecule has 0 spiro atoms. The highest BCUT2D eigenvalue weighted by molar-refractivity contribution is 5.91. The Bertz CT molecular complexity index is 626. The highest BCUT2D eigenvalue weighted by Crippen LogP contribution is 2.20. The average molecular weight is 291 g/mol. The molecule has 0 atom stereocenters. The Hall–Kier alpha value is -2.88. The van der Waals surface area contributed by atoms with Crippen LogP contribution in [-0.2, 0) is 14.3 Å². The maximum atomic E-state index is 11.5. The molecule has 7 nitrogen and oxygen atoms in total. The Morgan fingerprint density at radius 2 is 1.90 bits per heavy atom. The van der Waals surface area contributed by atoms with Gasteiger partial charge < -0.3 is 9.47 Å². The minimum absolute atomic E-state index is 0.0149. The lowest BCUT2D eigenvalue weighted by molar-refractivity contribution is -0.385. The number of benzene rings is 1. The van der Waals surface area contributed by atoms with E-state index in [4.69, 9.17) is 4.74 Å². The zero-order valence-electron chi connectivity index (χ0n) is 11.5. The summed E-state index contributed by atoms with van der Waals surface area (Å²) in [5, 5.41) is 11.0. The van der Waals surface area contributed by atoms with E-state index in [-0.39, 0.29) is 30.0 Å². The van der Waals surface area contributed by atoms with Crippen molar-refractivity contribution < 1.29 is 24.0 Å². The summed E-state index contributed by atoms with van der Waals surface area (Å²) < 4.78 is 9.36. The van der Waals surface area contributed by atoms with E-state index in [1.54, 1.807) is 13.8 Å². The van der Waals surface area contributed by atoms with Crippen LogP contribution in [0.3, 0.4) is 0 Å². The second kappa shape index (κ2) is 7.65. The number of ether oxygens (including phenoxy) is 2. The van der Waals surface area contributed by atoms with Gasteiger partial charge in [0.2, 0.25) is 0 Å². The molecule has 0 radical (unpaired) electrons. The van der Waals surface area contributed by atoms with E-state index in [9.17, 15) is 19.7 Å². The van der Waals surface area contributed by atoms with Gasteiger partial charge in [-0.1, -0.05) is 0 Å². The largest absolute Gasteiger partial charge is 0.462 e. The third-order valence-corrected chi connectivity index (χ3v) is 2.28. The smallest absolute Gasteiger partial charge is 0.384 e. The van der Waals surface area contributed by atoms with Gasteiger partial charge in [0.15, 0.2) is 0 Å². The van der Waals surface area contributed by atoms with Crippen LogP contribution < -0.4 is 0 Å². The molecule has 0 aliphatic carbocycles. The molecule has 0 fully saturated rings. The fourth-order valence-corrected chi connectivity index (χ4v) is 1.42. The summed E-state index contributed by atoms with van der Waals surface area (Å²) in [4.78, 5) is 33.0. The van der Waals surface area contributed by atoms with Crippen molar-refractivity contribution >= 4 is 17.6 Å². The Morgan fingerprint density at radius 3 is 2.48 bits per heavy atom. The highest BCUT2D eigenvalue weighted by Gasteiger charge is 2.17. The van der Waals surface area contributed by atoms with Crippen molar-refractivity contribution in [3.63, 3.8) is 0 Å². The molecule has 1 aromatic carbocycles. The minimum Gasteiger partial charge on any atom is -0.462 e. The maximum absolute atomic E-state index is 11.5. The van der Waals surface area contributed by atoms with Crippen molar-refractivity contribution in [3.05, 3.63) is 39.4 Å². The number of esters is 2. The van der Waals surface area contributed by atoms with Crippen LogP contribution in [0.4, 0.5) is 5.69 Å². The molecule has 7 heteroatoms. The van der Waals surface area contributed by atoms with E-state index in [1.165, 1.54) is 12.1 Å². The average Bonchev–Trinajstić information content (AvgIpc) is 2.45. The van der Waals surface area contributed by atoms with Crippen molar-refractivity contribution in [1.82, 2.24) is 0 Å². The molecule has 110 valence electrons.